The second kappa shape index (κ2) is 7.46. The zero-order valence-corrected chi connectivity index (χ0v) is 12.1. The van der Waals surface area contributed by atoms with Crippen LogP contribution in [0.25, 0.3) is 0 Å². The van der Waals surface area contributed by atoms with Crippen molar-refractivity contribution in [2.24, 2.45) is 0 Å². The number of hydrogen-bond donors (Lipinski definition) is 1. The van der Waals surface area contributed by atoms with E-state index in [1.807, 2.05) is 18.3 Å². The third kappa shape index (κ3) is 4.48. The average molecular weight is 263 g/mol. The summed E-state index contributed by atoms with van der Waals surface area (Å²) >= 11 is 0. The SMILES string of the molecule is CCNC(C)c1ccc(OCCN2CCCC2)cn1. The van der Waals surface area contributed by atoms with Gasteiger partial charge in [0.05, 0.1) is 11.9 Å². The van der Waals surface area contributed by atoms with Crippen LogP contribution in [0.5, 0.6) is 5.75 Å². The number of nitrogens with zero attached hydrogens (tertiary/aromatic N) is 2. The maximum atomic E-state index is 5.74. The maximum Gasteiger partial charge on any atom is 0.137 e. The van der Waals surface area contributed by atoms with Crippen LogP contribution in [-0.4, -0.2) is 42.7 Å². The molecule has 1 aliphatic heterocycles. The lowest BCUT2D eigenvalue weighted by molar-refractivity contribution is 0.237. The van der Waals surface area contributed by atoms with Crippen LogP contribution in [0.2, 0.25) is 0 Å². The molecule has 106 valence electrons. The van der Waals surface area contributed by atoms with Crippen molar-refractivity contribution in [1.82, 2.24) is 15.2 Å². The Kier molecular flexibility index (Phi) is 5.61. The van der Waals surface area contributed by atoms with Crippen molar-refractivity contribution < 1.29 is 4.74 Å². The van der Waals surface area contributed by atoms with Crippen molar-refractivity contribution in [2.75, 3.05) is 32.8 Å². The number of aromatic nitrogens is 1. The Morgan fingerprint density at radius 1 is 1.37 bits per heavy atom. The fourth-order valence-electron chi connectivity index (χ4n) is 2.44. The molecule has 0 amide bonds. The Hall–Kier alpha value is -1.13. The fourth-order valence-corrected chi connectivity index (χ4v) is 2.44. The van der Waals surface area contributed by atoms with Crippen LogP contribution >= 0.6 is 0 Å². The molecule has 4 heteroatoms. The minimum Gasteiger partial charge on any atom is -0.491 e. The van der Waals surface area contributed by atoms with Gasteiger partial charge in [0.2, 0.25) is 0 Å². The van der Waals surface area contributed by atoms with Gasteiger partial charge in [0.15, 0.2) is 0 Å². The Balaban J connectivity index is 1.74. The number of pyridine rings is 1. The lowest BCUT2D eigenvalue weighted by atomic mass is 10.2. The minimum atomic E-state index is 0.295. The third-order valence-electron chi connectivity index (χ3n) is 3.59. The van der Waals surface area contributed by atoms with E-state index < -0.39 is 0 Å². The molecule has 1 aliphatic rings. The highest BCUT2D eigenvalue weighted by molar-refractivity contribution is 5.21. The van der Waals surface area contributed by atoms with Gasteiger partial charge >= 0.3 is 0 Å². The molecule has 1 N–H and O–H groups in total. The molecule has 2 rings (SSSR count). The lowest BCUT2D eigenvalue weighted by Crippen LogP contribution is -2.25. The molecular formula is C15H25N3O. The van der Waals surface area contributed by atoms with Crippen molar-refractivity contribution >= 4 is 0 Å². The highest BCUT2D eigenvalue weighted by Crippen LogP contribution is 2.14. The molecular weight excluding hydrogens is 238 g/mol. The van der Waals surface area contributed by atoms with E-state index in [-0.39, 0.29) is 0 Å². The van der Waals surface area contributed by atoms with E-state index in [4.69, 9.17) is 4.74 Å². The van der Waals surface area contributed by atoms with E-state index in [1.54, 1.807) is 0 Å². The molecule has 19 heavy (non-hydrogen) atoms. The lowest BCUT2D eigenvalue weighted by Gasteiger charge is -2.15. The molecule has 0 bridgehead atoms. The van der Waals surface area contributed by atoms with Crippen molar-refractivity contribution in [1.29, 1.82) is 0 Å². The van der Waals surface area contributed by atoms with Crippen molar-refractivity contribution in [3.8, 4) is 5.75 Å². The van der Waals surface area contributed by atoms with E-state index >= 15 is 0 Å². The van der Waals surface area contributed by atoms with E-state index in [2.05, 4.69) is 29.0 Å². The number of nitrogens with one attached hydrogen (secondary N) is 1. The Morgan fingerprint density at radius 3 is 2.79 bits per heavy atom. The van der Waals surface area contributed by atoms with Crippen LogP contribution in [0, 0.1) is 0 Å². The fraction of sp³-hybridized carbons (Fsp3) is 0.667. The summed E-state index contributed by atoms with van der Waals surface area (Å²) in [4.78, 5) is 6.90. The molecule has 0 spiro atoms. The average Bonchev–Trinajstić information content (AvgIpc) is 2.93. The summed E-state index contributed by atoms with van der Waals surface area (Å²) < 4.78 is 5.74. The van der Waals surface area contributed by atoms with Gasteiger partial charge in [-0.2, -0.15) is 0 Å². The summed E-state index contributed by atoms with van der Waals surface area (Å²) in [5.74, 6) is 0.867. The van der Waals surface area contributed by atoms with E-state index in [0.29, 0.717) is 6.04 Å². The smallest absolute Gasteiger partial charge is 0.137 e. The first-order chi connectivity index (χ1) is 9.29. The standard InChI is InChI=1S/C15H25N3O/c1-3-16-13(2)15-7-6-14(12-17-15)19-11-10-18-8-4-5-9-18/h6-7,12-13,16H,3-5,8-11H2,1-2H3. The molecule has 1 saturated heterocycles. The van der Waals surface area contributed by atoms with Crippen molar-refractivity contribution in [2.45, 2.75) is 32.7 Å². The molecule has 0 radical (unpaired) electrons. The van der Waals surface area contributed by atoms with Gasteiger partial charge in [0, 0.05) is 12.6 Å². The van der Waals surface area contributed by atoms with Crippen LogP contribution in [-0.2, 0) is 0 Å². The first kappa shape index (κ1) is 14.3. The summed E-state index contributed by atoms with van der Waals surface area (Å²) in [6.45, 7) is 9.41. The highest BCUT2D eigenvalue weighted by Gasteiger charge is 2.11. The Bertz CT molecular complexity index is 360. The normalized spacial score (nSPS) is 17.6. The monoisotopic (exact) mass is 263 g/mol. The van der Waals surface area contributed by atoms with Gasteiger partial charge in [-0.15, -0.1) is 0 Å². The van der Waals surface area contributed by atoms with Crippen molar-refractivity contribution in [3.63, 3.8) is 0 Å². The van der Waals surface area contributed by atoms with Gasteiger partial charge < -0.3 is 10.1 Å². The summed E-state index contributed by atoms with van der Waals surface area (Å²) in [5.41, 5.74) is 1.06. The van der Waals surface area contributed by atoms with E-state index in [9.17, 15) is 0 Å². The molecule has 1 aromatic rings. The van der Waals surface area contributed by atoms with Gasteiger partial charge in [0.1, 0.15) is 12.4 Å². The van der Waals surface area contributed by atoms with Crippen LogP contribution in [0.3, 0.4) is 0 Å². The molecule has 0 saturated carbocycles. The first-order valence-electron chi connectivity index (χ1n) is 7.34. The summed E-state index contributed by atoms with van der Waals surface area (Å²) in [7, 11) is 0. The molecule has 2 heterocycles. The summed E-state index contributed by atoms with van der Waals surface area (Å²) in [6.07, 6.45) is 4.49. The van der Waals surface area contributed by atoms with Gasteiger partial charge in [-0.1, -0.05) is 6.92 Å². The number of ether oxygens (including phenoxy) is 1. The van der Waals surface area contributed by atoms with Gasteiger partial charge in [0.25, 0.3) is 0 Å². The predicted molar refractivity (Wildman–Crippen MR) is 77.5 cm³/mol. The third-order valence-corrected chi connectivity index (χ3v) is 3.59. The van der Waals surface area contributed by atoms with Crippen LogP contribution in [0.4, 0.5) is 0 Å². The zero-order chi connectivity index (χ0) is 13.5. The molecule has 4 nitrogen and oxygen atoms in total. The molecule has 1 fully saturated rings. The second-order valence-electron chi connectivity index (χ2n) is 5.10. The van der Waals surface area contributed by atoms with Crippen molar-refractivity contribution in [3.05, 3.63) is 24.0 Å². The van der Waals surface area contributed by atoms with E-state index in [1.165, 1.54) is 25.9 Å². The molecule has 1 aromatic heterocycles. The molecule has 0 aliphatic carbocycles. The largest absolute Gasteiger partial charge is 0.491 e. The van der Waals surface area contributed by atoms with Gasteiger partial charge in [-0.05, 0) is 51.5 Å². The Morgan fingerprint density at radius 2 is 2.16 bits per heavy atom. The summed E-state index contributed by atoms with van der Waals surface area (Å²) in [6, 6.07) is 4.35. The van der Waals surface area contributed by atoms with Gasteiger partial charge in [-0.25, -0.2) is 0 Å². The Labute approximate surface area is 116 Å². The predicted octanol–water partition coefficient (Wildman–Crippen LogP) is 2.23. The quantitative estimate of drug-likeness (QED) is 0.818. The van der Waals surface area contributed by atoms with Crippen LogP contribution in [0.1, 0.15) is 38.4 Å². The topological polar surface area (TPSA) is 37.4 Å². The molecule has 1 atom stereocenters. The number of likely N-dealkylation sites (tertiary alicyclic amines) is 1. The maximum absolute atomic E-state index is 5.74. The molecule has 1 unspecified atom stereocenters. The summed E-state index contributed by atoms with van der Waals surface area (Å²) in [5, 5.41) is 3.35. The van der Waals surface area contributed by atoms with Gasteiger partial charge in [-0.3, -0.25) is 9.88 Å². The number of rotatable bonds is 7. The highest BCUT2D eigenvalue weighted by atomic mass is 16.5. The second-order valence-corrected chi connectivity index (χ2v) is 5.10. The van der Waals surface area contributed by atoms with Crippen LogP contribution in [0.15, 0.2) is 18.3 Å². The van der Waals surface area contributed by atoms with Crippen LogP contribution < -0.4 is 10.1 Å². The van der Waals surface area contributed by atoms with E-state index in [0.717, 1.165) is 31.1 Å². The first-order valence-corrected chi connectivity index (χ1v) is 7.34. The number of hydrogen-bond acceptors (Lipinski definition) is 4. The molecule has 0 aromatic carbocycles. The minimum absolute atomic E-state index is 0.295. The zero-order valence-electron chi connectivity index (χ0n) is 12.1.